The molecule has 70 valence electrons. The molecule has 0 radical (unpaired) electrons. The van der Waals surface area contributed by atoms with Gasteiger partial charge >= 0.3 is 0 Å². The highest BCUT2D eigenvalue weighted by Gasteiger charge is 2.37. The summed E-state index contributed by atoms with van der Waals surface area (Å²) in [4.78, 5) is 0. The van der Waals surface area contributed by atoms with E-state index in [4.69, 9.17) is 0 Å². The van der Waals surface area contributed by atoms with Crippen molar-refractivity contribution in [1.29, 1.82) is 0 Å². The lowest BCUT2D eigenvalue weighted by Gasteiger charge is -2.44. The summed E-state index contributed by atoms with van der Waals surface area (Å²) in [5.41, 5.74) is 2.87. The van der Waals surface area contributed by atoms with Crippen LogP contribution in [0.4, 0.5) is 0 Å². The first-order chi connectivity index (χ1) is 6.07. The van der Waals surface area contributed by atoms with Crippen LogP contribution in [0.15, 0.2) is 24.3 Å². The van der Waals surface area contributed by atoms with Gasteiger partial charge in [0.1, 0.15) is 0 Å². The molecule has 0 aromatic heterocycles. The van der Waals surface area contributed by atoms with Gasteiger partial charge in [-0.25, -0.2) is 0 Å². The maximum atomic E-state index is 2.30. The van der Waals surface area contributed by atoms with Crippen molar-refractivity contribution in [1.82, 2.24) is 0 Å². The normalized spacial score (nSPS) is 21.2. The number of likely N-dealkylation sites (tertiary alicyclic amines) is 1. The summed E-state index contributed by atoms with van der Waals surface area (Å²) in [6.45, 7) is 4.73. The van der Waals surface area contributed by atoms with Gasteiger partial charge in [0.2, 0.25) is 0 Å². The summed E-state index contributed by atoms with van der Waals surface area (Å²) in [5, 5.41) is 0. The van der Waals surface area contributed by atoms with Crippen molar-refractivity contribution in [2.24, 2.45) is 0 Å². The molecule has 1 aromatic rings. The van der Waals surface area contributed by atoms with Gasteiger partial charge in [-0.05, 0) is 12.5 Å². The molecule has 2 rings (SSSR count). The number of rotatable bonds is 1. The second kappa shape index (κ2) is 2.85. The molecule has 1 heteroatoms. The highest BCUT2D eigenvalue weighted by Crippen LogP contribution is 2.30. The van der Waals surface area contributed by atoms with E-state index in [1.54, 1.807) is 0 Å². The lowest BCUT2D eigenvalue weighted by molar-refractivity contribution is -0.932. The predicted molar refractivity (Wildman–Crippen MR) is 55.8 cm³/mol. The molecule has 0 amide bonds. The zero-order valence-corrected chi connectivity index (χ0v) is 8.75. The third-order valence-electron chi connectivity index (χ3n) is 2.98. The Kier molecular flexibility index (Phi) is 1.92. The average Bonchev–Trinajstić information content (AvgIpc) is 2.01. The molecule has 0 bridgehead atoms. The number of likely N-dealkylation sites (N-methyl/N-ethyl adjacent to an activating group) is 1. The molecule has 13 heavy (non-hydrogen) atoms. The van der Waals surface area contributed by atoms with E-state index in [9.17, 15) is 0 Å². The molecule has 0 spiro atoms. The van der Waals surface area contributed by atoms with Gasteiger partial charge in [-0.1, -0.05) is 29.8 Å². The van der Waals surface area contributed by atoms with Gasteiger partial charge in [0.25, 0.3) is 0 Å². The quantitative estimate of drug-likeness (QED) is 0.575. The summed E-state index contributed by atoms with van der Waals surface area (Å²) in [6, 6.07) is 8.99. The summed E-state index contributed by atoms with van der Waals surface area (Å²) >= 11 is 0. The van der Waals surface area contributed by atoms with Crippen LogP contribution in [0.25, 0.3) is 0 Å². The van der Waals surface area contributed by atoms with E-state index in [0.717, 1.165) is 5.92 Å². The highest BCUT2D eigenvalue weighted by molar-refractivity contribution is 5.25. The molecule has 1 saturated heterocycles. The van der Waals surface area contributed by atoms with Crippen molar-refractivity contribution >= 4 is 0 Å². The molecule has 0 unspecified atom stereocenters. The van der Waals surface area contributed by atoms with Crippen LogP contribution in [-0.2, 0) is 0 Å². The van der Waals surface area contributed by atoms with Crippen LogP contribution >= 0.6 is 0 Å². The highest BCUT2D eigenvalue weighted by atomic mass is 15.4. The molecule has 1 nitrogen and oxygen atoms in total. The lowest BCUT2D eigenvalue weighted by atomic mass is 9.89. The van der Waals surface area contributed by atoms with Crippen LogP contribution in [0.1, 0.15) is 17.0 Å². The smallest absolute Gasteiger partial charge is 0.0907 e. The minimum absolute atomic E-state index is 0.801. The van der Waals surface area contributed by atoms with Gasteiger partial charge in [0, 0.05) is 0 Å². The van der Waals surface area contributed by atoms with Gasteiger partial charge in [-0.3, -0.25) is 0 Å². The van der Waals surface area contributed by atoms with Crippen molar-refractivity contribution in [3.8, 4) is 0 Å². The number of benzene rings is 1. The van der Waals surface area contributed by atoms with E-state index in [-0.39, 0.29) is 0 Å². The molecule has 1 heterocycles. The van der Waals surface area contributed by atoms with Gasteiger partial charge in [0.05, 0.1) is 33.1 Å². The summed E-state index contributed by atoms with van der Waals surface area (Å²) in [6.07, 6.45) is 0. The number of nitrogens with zero attached hydrogens (tertiary/aromatic N) is 1. The molecule has 0 N–H and O–H groups in total. The molecule has 0 atom stereocenters. The fraction of sp³-hybridized carbons (Fsp3) is 0.500. The van der Waals surface area contributed by atoms with Gasteiger partial charge in [-0.2, -0.15) is 0 Å². The lowest BCUT2D eigenvalue weighted by Crippen LogP contribution is -2.56. The van der Waals surface area contributed by atoms with Gasteiger partial charge in [0.15, 0.2) is 0 Å². The second-order valence-corrected chi connectivity index (χ2v) is 4.91. The van der Waals surface area contributed by atoms with Crippen LogP contribution < -0.4 is 0 Å². The van der Waals surface area contributed by atoms with E-state index in [0.29, 0.717) is 0 Å². The van der Waals surface area contributed by atoms with E-state index in [2.05, 4.69) is 45.3 Å². The molecular formula is C12H18N+. The number of hydrogen-bond acceptors (Lipinski definition) is 0. The van der Waals surface area contributed by atoms with Gasteiger partial charge < -0.3 is 4.48 Å². The first kappa shape index (κ1) is 8.76. The third kappa shape index (κ3) is 1.75. The number of hydrogen-bond donors (Lipinski definition) is 0. The molecular weight excluding hydrogens is 158 g/mol. The standard InChI is InChI=1S/C12H18N/c1-10-4-6-11(7-5-10)12-8-13(2,3)9-12/h4-7,12H,8-9H2,1-3H3/q+1. The van der Waals surface area contributed by atoms with Crippen molar-refractivity contribution in [3.05, 3.63) is 35.4 Å². The van der Waals surface area contributed by atoms with Crippen molar-refractivity contribution in [2.45, 2.75) is 12.8 Å². The van der Waals surface area contributed by atoms with E-state index in [1.807, 2.05) is 0 Å². The minimum atomic E-state index is 0.801. The van der Waals surface area contributed by atoms with Crippen LogP contribution in [-0.4, -0.2) is 31.7 Å². The van der Waals surface area contributed by atoms with Crippen LogP contribution in [0.3, 0.4) is 0 Å². The Balaban J connectivity index is 2.08. The maximum Gasteiger partial charge on any atom is 0.0907 e. The summed E-state index contributed by atoms with van der Waals surface area (Å²) in [7, 11) is 4.59. The van der Waals surface area contributed by atoms with Crippen LogP contribution in [0.2, 0.25) is 0 Å². The Labute approximate surface area is 80.6 Å². The fourth-order valence-corrected chi connectivity index (χ4v) is 2.19. The Morgan fingerprint density at radius 3 is 2.08 bits per heavy atom. The van der Waals surface area contributed by atoms with E-state index >= 15 is 0 Å². The van der Waals surface area contributed by atoms with Crippen LogP contribution in [0, 0.1) is 6.92 Å². The van der Waals surface area contributed by atoms with Crippen molar-refractivity contribution in [3.63, 3.8) is 0 Å². The predicted octanol–water partition coefficient (Wildman–Crippen LogP) is 2.17. The Morgan fingerprint density at radius 2 is 1.62 bits per heavy atom. The first-order valence-corrected chi connectivity index (χ1v) is 4.95. The molecule has 1 aliphatic rings. The number of quaternary nitrogens is 1. The Bertz CT molecular complexity index is 289. The van der Waals surface area contributed by atoms with Crippen molar-refractivity contribution < 1.29 is 4.48 Å². The van der Waals surface area contributed by atoms with E-state index in [1.165, 1.54) is 28.7 Å². The molecule has 0 aliphatic carbocycles. The molecule has 0 saturated carbocycles. The largest absolute Gasteiger partial charge is 0.327 e. The summed E-state index contributed by atoms with van der Waals surface area (Å²) in [5.74, 6) is 0.801. The number of aryl methyl sites for hydroxylation is 1. The average molecular weight is 176 g/mol. The Hall–Kier alpha value is -0.820. The minimum Gasteiger partial charge on any atom is -0.327 e. The zero-order valence-electron chi connectivity index (χ0n) is 8.75. The first-order valence-electron chi connectivity index (χ1n) is 4.95. The van der Waals surface area contributed by atoms with Gasteiger partial charge in [-0.15, -0.1) is 0 Å². The third-order valence-corrected chi connectivity index (χ3v) is 2.98. The van der Waals surface area contributed by atoms with E-state index < -0.39 is 0 Å². The molecule has 1 aliphatic heterocycles. The topological polar surface area (TPSA) is 0 Å². The SMILES string of the molecule is Cc1ccc(C2C[N+](C)(C)C2)cc1. The second-order valence-electron chi connectivity index (χ2n) is 4.91. The fourth-order valence-electron chi connectivity index (χ4n) is 2.19. The zero-order chi connectivity index (χ0) is 9.47. The van der Waals surface area contributed by atoms with Crippen LogP contribution in [0.5, 0.6) is 0 Å². The molecule has 1 aromatic carbocycles. The monoisotopic (exact) mass is 176 g/mol. The Morgan fingerprint density at radius 1 is 1.08 bits per heavy atom. The maximum absolute atomic E-state index is 2.30. The van der Waals surface area contributed by atoms with Crippen molar-refractivity contribution in [2.75, 3.05) is 27.2 Å². The summed E-state index contributed by atoms with van der Waals surface area (Å²) < 4.78 is 1.18. The molecule has 1 fully saturated rings.